The number of nitrogens with one attached hydrogen (secondary N) is 1. The SMILES string of the molecule is CCC(C)(N)C(=O)Nc1cccc(I)c1. The molecule has 1 amide bonds. The maximum Gasteiger partial charge on any atom is 0.244 e. The van der Waals surface area contributed by atoms with Gasteiger partial charge in [0.15, 0.2) is 0 Å². The summed E-state index contributed by atoms with van der Waals surface area (Å²) in [5.41, 5.74) is 5.82. The number of anilines is 1. The van der Waals surface area contributed by atoms with E-state index in [2.05, 4.69) is 27.9 Å². The molecule has 0 aliphatic rings. The van der Waals surface area contributed by atoms with E-state index in [1.54, 1.807) is 6.92 Å². The van der Waals surface area contributed by atoms with Gasteiger partial charge in [-0.15, -0.1) is 0 Å². The van der Waals surface area contributed by atoms with Crippen LogP contribution in [0.4, 0.5) is 5.69 Å². The Morgan fingerprint density at radius 3 is 2.80 bits per heavy atom. The topological polar surface area (TPSA) is 55.1 Å². The number of carbonyl (C=O) groups is 1. The molecule has 4 heteroatoms. The van der Waals surface area contributed by atoms with E-state index in [4.69, 9.17) is 5.73 Å². The summed E-state index contributed by atoms with van der Waals surface area (Å²) in [6.07, 6.45) is 0.614. The minimum absolute atomic E-state index is 0.146. The fourth-order valence-corrected chi connectivity index (χ4v) is 1.54. The van der Waals surface area contributed by atoms with Gasteiger partial charge < -0.3 is 11.1 Å². The van der Waals surface area contributed by atoms with Crippen molar-refractivity contribution in [3.05, 3.63) is 27.8 Å². The fourth-order valence-electron chi connectivity index (χ4n) is 1.00. The second-order valence-corrected chi connectivity index (χ2v) is 4.98. The molecule has 0 aromatic heterocycles. The van der Waals surface area contributed by atoms with Crippen LogP contribution < -0.4 is 11.1 Å². The van der Waals surface area contributed by atoms with E-state index in [9.17, 15) is 4.79 Å². The lowest BCUT2D eigenvalue weighted by molar-refractivity contribution is -0.120. The lowest BCUT2D eigenvalue weighted by Crippen LogP contribution is -2.47. The predicted molar refractivity (Wildman–Crippen MR) is 70.7 cm³/mol. The summed E-state index contributed by atoms with van der Waals surface area (Å²) < 4.78 is 1.08. The third-order valence-corrected chi connectivity index (χ3v) is 3.01. The molecule has 0 radical (unpaired) electrons. The van der Waals surface area contributed by atoms with Crippen molar-refractivity contribution >= 4 is 34.2 Å². The number of hydrogen-bond donors (Lipinski definition) is 2. The molecule has 0 saturated carbocycles. The summed E-state index contributed by atoms with van der Waals surface area (Å²) in [6, 6.07) is 7.63. The van der Waals surface area contributed by atoms with Crippen molar-refractivity contribution in [3.8, 4) is 0 Å². The molecular formula is C11H15IN2O. The van der Waals surface area contributed by atoms with Gasteiger partial charge in [-0.25, -0.2) is 0 Å². The van der Waals surface area contributed by atoms with Crippen molar-refractivity contribution in [2.75, 3.05) is 5.32 Å². The highest BCUT2D eigenvalue weighted by Crippen LogP contribution is 2.15. The minimum Gasteiger partial charge on any atom is -0.324 e. The molecule has 0 bridgehead atoms. The maximum absolute atomic E-state index is 11.7. The Balaban J connectivity index is 2.75. The molecule has 0 heterocycles. The molecular weight excluding hydrogens is 303 g/mol. The van der Waals surface area contributed by atoms with Crippen LogP contribution in [0.5, 0.6) is 0 Å². The molecule has 15 heavy (non-hydrogen) atoms. The molecule has 0 fully saturated rings. The number of rotatable bonds is 3. The second-order valence-electron chi connectivity index (χ2n) is 3.74. The Morgan fingerprint density at radius 1 is 1.60 bits per heavy atom. The van der Waals surface area contributed by atoms with Crippen LogP contribution in [0.2, 0.25) is 0 Å². The normalized spacial score (nSPS) is 14.4. The average molecular weight is 318 g/mol. The number of hydrogen-bond acceptors (Lipinski definition) is 2. The Labute approximate surface area is 104 Å². The van der Waals surface area contributed by atoms with Crippen molar-refractivity contribution in [1.82, 2.24) is 0 Å². The van der Waals surface area contributed by atoms with Crippen molar-refractivity contribution in [2.24, 2.45) is 5.73 Å². The Hall–Kier alpha value is -0.620. The van der Waals surface area contributed by atoms with Gasteiger partial charge in [-0.1, -0.05) is 13.0 Å². The molecule has 1 atom stereocenters. The molecule has 0 saturated heterocycles. The zero-order valence-corrected chi connectivity index (χ0v) is 11.0. The number of carbonyl (C=O) groups excluding carboxylic acids is 1. The first-order valence-corrected chi connectivity index (χ1v) is 5.89. The van der Waals surface area contributed by atoms with E-state index in [1.165, 1.54) is 0 Å². The molecule has 3 N–H and O–H groups in total. The van der Waals surface area contributed by atoms with Crippen LogP contribution in [0.25, 0.3) is 0 Å². The quantitative estimate of drug-likeness (QED) is 0.841. The zero-order chi connectivity index (χ0) is 11.5. The summed E-state index contributed by atoms with van der Waals surface area (Å²) in [5.74, 6) is -0.146. The first-order valence-electron chi connectivity index (χ1n) is 4.81. The van der Waals surface area contributed by atoms with E-state index in [1.807, 2.05) is 31.2 Å². The van der Waals surface area contributed by atoms with E-state index in [0.29, 0.717) is 6.42 Å². The van der Waals surface area contributed by atoms with Crippen LogP contribution in [-0.2, 0) is 4.79 Å². The number of nitrogens with two attached hydrogens (primary N) is 1. The summed E-state index contributed by atoms with van der Waals surface area (Å²) in [7, 11) is 0. The summed E-state index contributed by atoms with van der Waals surface area (Å²) in [4.78, 5) is 11.7. The van der Waals surface area contributed by atoms with Gasteiger partial charge in [-0.3, -0.25) is 4.79 Å². The standard InChI is InChI=1S/C11H15IN2O/c1-3-11(2,13)10(15)14-9-6-4-5-8(12)7-9/h4-7H,3,13H2,1-2H3,(H,14,15). The average Bonchev–Trinajstić information content (AvgIpc) is 2.17. The van der Waals surface area contributed by atoms with Crippen LogP contribution in [0.15, 0.2) is 24.3 Å². The Morgan fingerprint density at radius 2 is 2.27 bits per heavy atom. The van der Waals surface area contributed by atoms with Crippen molar-refractivity contribution in [1.29, 1.82) is 0 Å². The molecule has 1 aromatic carbocycles. The molecule has 1 rings (SSSR count). The van der Waals surface area contributed by atoms with Crippen LogP contribution in [0, 0.1) is 3.57 Å². The highest BCUT2D eigenvalue weighted by Gasteiger charge is 2.25. The lowest BCUT2D eigenvalue weighted by atomic mass is 9.99. The van der Waals surface area contributed by atoms with Gasteiger partial charge in [-0.05, 0) is 54.1 Å². The van der Waals surface area contributed by atoms with E-state index in [0.717, 1.165) is 9.26 Å². The van der Waals surface area contributed by atoms with Crippen LogP contribution in [0.1, 0.15) is 20.3 Å². The van der Waals surface area contributed by atoms with Crippen molar-refractivity contribution in [2.45, 2.75) is 25.8 Å². The lowest BCUT2D eigenvalue weighted by Gasteiger charge is -2.21. The Kier molecular flexibility index (Phi) is 4.10. The second kappa shape index (κ2) is 4.94. The number of amides is 1. The summed E-state index contributed by atoms with van der Waals surface area (Å²) >= 11 is 2.20. The number of halogens is 1. The van der Waals surface area contributed by atoms with Gasteiger partial charge >= 0.3 is 0 Å². The third-order valence-electron chi connectivity index (χ3n) is 2.34. The van der Waals surface area contributed by atoms with Crippen molar-refractivity contribution < 1.29 is 4.79 Å². The molecule has 1 unspecified atom stereocenters. The zero-order valence-electron chi connectivity index (χ0n) is 8.88. The Bertz CT molecular complexity index is 363. The fraction of sp³-hybridized carbons (Fsp3) is 0.364. The smallest absolute Gasteiger partial charge is 0.244 e. The number of benzene rings is 1. The highest BCUT2D eigenvalue weighted by molar-refractivity contribution is 14.1. The van der Waals surface area contributed by atoms with Gasteiger partial charge in [0.25, 0.3) is 0 Å². The highest BCUT2D eigenvalue weighted by atomic mass is 127. The van der Waals surface area contributed by atoms with E-state index < -0.39 is 5.54 Å². The maximum atomic E-state index is 11.7. The molecule has 0 aliphatic carbocycles. The van der Waals surface area contributed by atoms with Gasteiger partial charge in [0.2, 0.25) is 5.91 Å². The van der Waals surface area contributed by atoms with Crippen molar-refractivity contribution in [3.63, 3.8) is 0 Å². The molecule has 1 aromatic rings. The predicted octanol–water partition coefficient (Wildman–Crippen LogP) is 2.36. The van der Waals surface area contributed by atoms with Gasteiger partial charge in [0, 0.05) is 9.26 Å². The largest absolute Gasteiger partial charge is 0.324 e. The summed E-state index contributed by atoms with van der Waals surface area (Å²) in [5, 5.41) is 2.81. The van der Waals surface area contributed by atoms with Gasteiger partial charge in [0.1, 0.15) is 0 Å². The molecule has 3 nitrogen and oxygen atoms in total. The van der Waals surface area contributed by atoms with Crippen LogP contribution in [0.3, 0.4) is 0 Å². The first kappa shape index (κ1) is 12.4. The molecule has 82 valence electrons. The summed E-state index contributed by atoms with van der Waals surface area (Å²) in [6.45, 7) is 3.63. The van der Waals surface area contributed by atoms with E-state index >= 15 is 0 Å². The van der Waals surface area contributed by atoms with E-state index in [-0.39, 0.29) is 5.91 Å². The monoisotopic (exact) mass is 318 g/mol. The third kappa shape index (κ3) is 3.46. The van der Waals surface area contributed by atoms with Gasteiger partial charge in [0.05, 0.1) is 5.54 Å². The van der Waals surface area contributed by atoms with Crippen LogP contribution >= 0.6 is 22.6 Å². The molecule has 0 spiro atoms. The molecule has 0 aliphatic heterocycles. The first-order chi connectivity index (χ1) is 6.95. The minimum atomic E-state index is -0.804. The van der Waals surface area contributed by atoms with Gasteiger partial charge in [-0.2, -0.15) is 0 Å². The van der Waals surface area contributed by atoms with Crippen LogP contribution in [-0.4, -0.2) is 11.4 Å².